The van der Waals surface area contributed by atoms with Gasteiger partial charge in [-0.05, 0) is 31.5 Å². The van der Waals surface area contributed by atoms with Crippen LogP contribution in [0.4, 0.5) is 5.69 Å². The molecule has 0 fully saturated rings. The first kappa shape index (κ1) is 14.4. The quantitative estimate of drug-likeness (QED) is 0.735. The number of aromatic nitrogens is 1. The summed E-state index contributed by atoms with van der Waals surface area (Å²) in [7, 11) is 1.97. The molecule has 3 heteroatoms. The fourth-order valence-corrected chi connectivity index (χ4v) is 2.85. The number of ketones is 1. The summed E-state index contributed by atoms with van der Waals surface area (Å²) in [6, 6.07) is 14.2. The predicted octanol–water partition coefficient (Wildman–Crippen LogP) is 4.09. The third kappa shape index (κ3) is 2.62. The number of carbonyl (C=O) groups is 1. The first-order chi connectivity index (χ1) is 10.6. The van der Waals surface area contributed by atoms with Gasteiger partial charge in [0.25, 0.3) is 0 Å². The summed E-state index contributed by atoms with van der Waals surface area (Å²) >= 11 is 0. The number of para-hydroxylation sites is 1. The summed E-state index contributed by atoms with van der Waals surface area (Å²) in [5.74, 6) is 0.108. The van der Waals surface area contributed by atoms with Crippen molar-refractivity contribution in [2.75, 3.05) is 11.9 Å². The highest BCUT2D eigenvalue weighted by molar-refractivity contribution is 6.09. The second-order valence-electron chi connectivity index (χ2n) is 5.77. The number of anilines is 1. The lowest BCUT2D eigenvalue weighted by Crippen LogP contribution is -2.14. The van der Waals surface area contributed by atoms with Crippen LogP contribution in [0.5, 0.6) is 0 Å². The lowest BCUT2D eigenvalue weighted by molar-refractivity contribution is 0.101. The van der Waals surface area contributed by atoms with E-state index in [1.165, 1.54) is 5.56 Å². The lowest BCUT2D eigenvalue weighted by Gasteiger charge is -2.09. The van der Waals surface area contributed by atoms with E-state index in [1.54, 1.807) is 0 Å². The van der Waals surface area contributed by atoms with Gasteiger partial charge in [-0.15, -0.1) is 0 Å². The molecular weight excluding hydrogens is 272 g/mol. The summed E-state index contributed by atoms with van der Waals surface area (Å²) in [6.45, 7) is 4.42. The van der Waals surface area contributed by atoms with Gasteiger partial charge in [-0.25, -0.2) is 0 Å². The summed E-state index contributed by atoms with van der Waals surface area (Å²) < 4.78 is 2.00. The van der Waals surface area contributed by atoms with Crippen LogP contribution in [0.1, 0.15) is 21.5 Å². The van der Waals surface area contributed by atoms with Crippen LogP contribution in [0.2, 0.25) is 0 Å². The highest BCUT2D eigenvalue weighted by Crippen LogP contribution is 2.21. The molecular formula is C19H20N2O. The number of nitrogens with one attached hydrogen (secondary N) is 1. The number of aryl methyl sites for hydroxylation is 3. The minimum atomic E-state index is 0.108. The van der Waals surface area contributed by atoms with E-state index in [9.17, 15) is 4.79 Å². The van der Waals surface area contributed by atoms with Crippen molar-refractivity contribution in [2.45, 2.75) is 13.8 Å². The van der Waals surface area contributed by atoms with E-state index in [0.717, 1.165) is 27.7 Å². The zero-order valence-corrected chi connectivity index (χ0v) is 13.2. The molecule has 0 spiro atoms. The summed E-state index contributed by atoms with van der Waals surface area (Å²) in [4.78, 5) is 12.5. The Morgan fingerprint density at radius 3 is 2.68 bits per heavy atom. The van der Waals surface area contributed by atoms with Gasteiger partial charge in [-0.1, -0.05) is 35.9 Å². The minimum Gasteiger partial charge on any atom is -0.377 e. The minimum absolute atomic E-state index is 0.108. The Balaban J connectivity index is 1.82. The number of benzene rings is 2. The Hall–Kier alpha value is -2.55. The SMILES string of the molecule is Cc1ccc(NCC(=O)c2cn(C)c3ccccc23)c(C)c1. The molecule has 0 bridgehead atoms. The van der Waals surface area contributed by atoms with E-state index in [1.807, 2.05) is 48.1 Å². The highest BCUT2D eigenvalue weighted by Gasteiger charge is 2.13. The molecule has 0 saturated carbocycles. The molecule has 3 aromatic rings. The number of fused-ring (bicyclic) bond motifs is 1. The summed E-state index contributed by atoms with van der Waals surface area (Å²) in [5.41, 5.74) is 5.25. The van der Waals surface area contributed by atoms with Crippen LogP contribution in [-0.2, 0) is 7.05 Å². The van der Waals surface area contributed by atoms with Gasteiger partial charge in [0.1, 0.15) is 0 Å². The Kier molecular flexibility index (Phi) is 3.72. The van der Waals surface area contributed by atoms with E-state index in [-0.39, 0.29) is 5.78 Å². The number of nitrogens with zero attached hydrogens (tertiary/aromatic N) is 1. The van der Waals surface area contributed by atoms with Crippen molar-refractivity contribution in [3.8, 4) is 0 Å². The topological polar surface area (TPSA) is 34.0 Å². The molecule has 0 atom stereocenters. The molecule has 0 aliphatic rings. The first-order valence-electron chi connectivity index (χ1n) is 7.44. The van der Waals surface area contributed by atoms with Crippen LogP contribution in [0.25, 0.3) is 10.9 Å². The maximum Gasteiger partial charge on any atom is 0.184 e. The van der Waals surface area contributed by atoms with Crippen LogP contribution in [0, 0.1) is 13.8 Å². The average Bonchev–Trinajstić information content (AvgIpc) is 2.84. The number of hydrogen-bond acceptors (Lipinski definition) is 2. The molecule has 22 heavy (non-hydrogen) atoms. The second-order valence-corrected chi connectivity index (χ2v) is 5.77. The summed E-state index contributed by atoms with van der Waals surface area (Å²) in [5, 5.41) is 4.27. The largest absolute Gasteiger partial charge is 0.377 e. The predicted molar refractivity (Wildman–Crippen MR) is 91.7 cm³/mol. The highest BCUT2D eigenvalue weighted by atomic mass is 16.1. The molecule has 0 radical (unpaired) electrons. The lowest BCUT2D eigenvalue weighted by atomic mass is 10.1. The molecule has 3 rings (SSSR count). The maximum absolute atomic E-state index is 12.5. The number of hydrogen-bond donors (Lipinski definition) is 1. The number of Topliss-reactive ketones (excluding diaryl/α,β-unsaturated/α-hetero) is 1. The molecule has 3 nitrogen and oxygen atoms in total. The summed E-state index contributed by atoms with van der Waals surface area (Å²) in [6.07, 6.45) is 1.91. The zero-order valence-electron chi connectivity index (χ0n) is 13.2. The molecule has 1 N–H and O–H groups in total. The van der Waals surface area contributed by atoms with Gasteiger partial charge in [-0.3, -0.25) is 4.79 Å². The Morgan fingerprint density at radius 1 is 1.14 bits per heavy atom. The van der Waals surface area contributed by atoms with Crippen LogP contribution in [0.3, 0.4) is 0 Å². The maximum atomic E-state index is 12.5. The van der Waals surface area contributed by atoms with Crippen LogP contribution in [0.15, 0.2) is 48.7 Å². The molecule has 0 saturated heterocycles. The molecule has 0 unspecified atom stereocenters. The fraction of sp³-hybridized carbons (Fsp3) is 0.211. The molecule has 0 aliphatic heterocycles. The van der Waals surface area contributed by atoms with Gasteiger partial charge in [0, 0.05) is 35.4 Å². The van der Waals surface area contributed by atoms with Gasteiger partial charge in [0.2, 0.25) is 0 Å². The smallest absolute Gasteiger partial charge is 0.184 e. The van der Waals surface area contributed by atoms with Crippen LogP contribution < -0.4 is 5.32 Å². The Bertz CT molecular complexity index is 846. The van der Waals surface area contributed by atoms with Gasteiger partial charge in [-0.2, -0.15) is 0 Å². The van der Waals surface area contributed by atoms with Gasteiger partial charge >= 0.3 is 0 Å². The number of carbonyl (C=O) groups excluding carboxylic acids is 1. The van der Waals surface area contributed by atoms with Crippen molar-refractivity contribution in [3.63, 3.8) is 0 Å². The zero-order chi connectivity index (χ0) is 15.7. The molecule has 112 valence electrons. The molecule has 0 amide bonds. The third-order valence-corrected chi connectivity index (χ3v) is 4.02. The van der Waals surface area contributed by atoms with Crippen molar-refractivity contribution in [1.82, 2.24) is 4.57 Å². The molecule has 2 aromatic carbocycles. The second kappa shape index (κ2) is 5.68. The van der Waals surface area contributed by atoms with Crippen molar-refractivity contribution in [1.29, 1.82) is 0 Å². The van der Waals surface area contributed by atoms with E-state index >= 15 is 0 Å². The van der Waals surface area contributed by atoms with Gasteiger partial charge in [0.15, 0.2) is 5.78 Å². The molecule has 1 heterocycles. The third-order valence-electron chi connectivity index (χ3n) is 4.02. The number of rotatable bonds is 4. The van der Waals surface area contributed by atoms with Crippen molar-refractivity contribution in [3.05, 3.63) is 65.4 Å². The Labute approximate surface area is 130 Å². The van der Waals surface area contributed by atoms with Gasteiger partial charge < -0.3 is 9.88 Å². The fourth-order valence-electron chi connectivity index (χ4n) is 2.85. The van der Waals surface area contributed by atoms with E-state index in [2.05, 4.69) is 31.3 Å². The van der Waals surface area contributed by atoms with E-state index < -0.39 is 0 Å². The van der Waals surface area contributed by atoms with Crippen LogP contribution >= 0.6 is 0 Å². The average molecular weight is 292 g/mol. The monoisotopic (exact) mass is 292 g/mol. The standard InChI is InChI=1S/C19H20N2O/c1-13-8-9-17(14(2)10-13)20-11-19(22)16-12-21(3)18-7-5-4-6-15(16)18/h4-10,12,20H,11H2,1-3H3. The van der Waals surface area contributed by atoms with Gasteiger partial charge in [0.05, 0.1) is 6.54 Å². The molecule has 0 aliphatic carbocycles. The van der Waals surface area contributed by atoms with E-state index in [0.29, 0.717) is 6.54 Å². The van der Waals surface area contributed by atoms with Crippen LogP contribution in [-0.4, -0.2) is 16.9 Å². The van der Waals surface area contributed by atoms with Crippen molar-refractivity contribution < 1.29 is 4.79 Å². The first-order valence-corrected chi connectivity index (χ1v) is 7.44. The van der Waals surface area contributed by atoms with E-state index in [4.69, 9.17) is 0 Å². The Morgan fingerprint density at radius 2 is 1.91 bits per heavy atom. The normalized spacial score (nSPS) is 10.9. The van der Waals surface area contributed by atoms with Crippen molar-refractivity contribution >= 4 is 22.4 Å². The molecule has 1 aromatic heterocycles. The van der Waals surface area contributed by atoms with Crippen molar-refractivity contribution in [2.24, 2.45) is 7.05 Å².